The Morgan fingerprint density at radius 1 is 1.07 bits per heavy atom. The lowest BCUT2D eigenvalue weighted by Crippen LogP contribution is -2.13. The Bertz CT molecular complexity index is 976. The Morgan fingerprint density at radius 2 is 1.93 bits per heavy atom. The summed E-state index contributed by atoms with van der Waals surface area (Å²) >= 11 is 0. The second-order valence-electron chi connectivity index (χ2n) is 5.79. The van der Waals surface area contributed by atoms with Crippen molar-refractivity contribution in [3.05, 3.63) is 77.4 Å². The maximum absolute atomic E-state index is 12.2. The van der Waals surface area contributed by atoms with Crippen LogP contribution in [0.3, 0.4) is 0 Å². The van der Waals surface area contributed by atoms with Gasteiger partial charge in [0.05, 0.1) is 29.7 Å². The highest BCUT2D eigenvalue weighted by Crippen LogP contribution is 2.19. The minimum absolute atomic E-state index is 0.246. The predicted molar refractivity (Wildman–Crippen MR) is 98.3 cm³/mol. The Kier molecular flexibility index (Phi) is 5.36. The van der Waals surface area contributed by atoms with E-state index in [9.17, 15) is 9.59 Å². The molecule has 0 atom stereocenters. The van der Waals surface area contributed by atoms with E-state index in [1.54, 1.807) is 12.1 Å². The third-order valence-corrected chi connectivity index (χ3v) is 3.85. The Balaban J connectivity index is 1.71. The van der Waals surface area contributed by atoms with Crippen molar-refractivity contribution in [3.8, 4) is 5.75 Å². The standard InChI is InChI=1S/C19H17N5O3/c1-12-2-3-16(24-19(26)13-4-5-22-23-9-13)6-15(12)11-27-17-7-14(18(20)25)8-21-10-17/h2-10H,11H2,1H3,(H2,20,25)(H,24,26). The quantitative estimate of drug-likeness (QED) is 0.692. The van der Waals surface area contributed by atoms with Crippen LogP contribution in [0.25, 0.3) is 0 Å². The summed E-state index contributed by atoms with van der Waals surface area (Å²) in [6, 6.07) is 8.64. The van der Waals surface area contributed by atoms with Crippen molar-refractivity contribution >= 4 is 17.5 Å². The average molecular weight is 363 g/mol. The molecular formula is C19H17N5O3. The minimum Gasteiger partial charge on any atom is -0.487 e. The molecule has 0 aliphatic carbocycles. The molecule has 2 heterocycles. The molecule has 0 saturated carbocycles. The van der Waals surface area contributed by atoms with Crippen LogP contribution < -0.4 is 15.8 Å². The highest BCUT2D eigenvalue weighted by Gasteiger charge is 2.09. The molecule has 3 N–H and O–H groups in total. The van der Waals surface area contributed by atoms with E-state index in [0.29, 0.717) is 17.0 Å². The summed E-state index contributed by atoms with van der Waals surface area (Å²) in [6.45, 7) is 2.19. The number of anilines is 1. The second kappa shape index (κ2) is 8.05. The van der Waals surface area contributed by atoms with Gasteiger partial charge in [0.1, 0.15) is 12.4 Å². The minimum atomic E-state index is -0.570. The lowest BCUT2D eigenvalue weighted by molar-refractivity contribution is 0.0996. The molecule has 3 rings (SSSR count). The van der Waals surface area contributed by atoms with Crippen LogP contribution in [0.5, 0.6) is 5.75 Å². The van der Waals surface area contributed by atoms with Crippen LogP contribution in [0.2, 0.25) is 0 Å². The van der Waals surface area contributed by atoms with E-state index in [2.05, 4.69) is 20.5 Å². The van der Waals surface area contributed by atoms with Crippen molar-refractivity contribution in [1.29, 1.82) is 0 Å². The first kappa shape index (κ1) is 18.0. The fraction of sp³-hybridized carbons (Fsp3) is 0.105. The van der Waals surface area contributed by atoms with Gasteiger partial charge >= 0.3 is 0 Å². The molecular weight excluding hydrogens is 346 g/mol. The molecule has 3 aromatic rings. The summed E-state index contributed by atoms with van der Waals surface area (Å²) in [5.74, 6) is -0.415. The molecule has 1 aromatic carbocycles. The number of carbonyl (C=O) groups excluding carboxylic acids is 2. The number of benzene rings is 1. The monoisotopic (exact) mass is 363 g/mol. The van der Waals surface area contributed by atoms with Crippen LogP contribution in [0.4, 0.5) is 5.69 Å². The van der Waals surface area contributed by atoms with Crippen molar-refractivity contribution in [2.75, 3.05) is 5.32 Å². The maximum atomic E-state index is 12.2. The number of carbonyl (C=O) groups is 2. The molecule has 27 heavy (non-hydrogen) atoms. The zero-order valence-corrected chi connectivity index (χ0v) is 14.5. The number of aryl methyl sites for hydroxylation is 1. The van der Waals surface area contributed by atoms with Crippen LogP contribution in [-0.4, -0.2) is 27.0 Å². The average Bonchev–Trinajstić information content (AvgIpc) is 2.69. The van der Waals surface area contributed by atoms with E-state index < -0.39 is 5.91 Å². The lowest BCUT2D eigenvalue weighted by atomic mass is 10.1. The molecule has 0 aliphatic rings. The third-order valence-electron chi connectivity index (χ3n) is 3.85. The van der Waals surface area contributed by atoms with Crippen molar-refractivity contribution in [2.45, 2.75) is 13.5 Å². The number of nitrogens with one attached hydrogen (secondary N) is 1. The van der Waals surface area contributed by atoms with Crippen LogP contribution in [0.1, 0.15) is 31.8 Å². The normalized spacial score (nSPS) is 10.3. The molecule has 0 spiro atoms. The molecule has 2 amide bonds. The van der Waals surface area contributed by atoms with E-state index >= 15 is 0 Å². The van der Waals surface area contributed by atoms with E-state index in [0.717, 1.165) is 11.1 Å². The van der Waals surface area contributed by atoms with Gasteiger partial charge in [0, 0.05) is 11.9 Å². The number of pyridine rings is 1. The first-order valence-corrected chi connectivity index (χ1v) is 8.08. The highest BCUT2D eigenvalue weighted by molar-refractivity contribution is 6.04. The fourth-order valence-electron chi connectivity index (χ4n) is 2.33. The second-order valence-corrected chi connectivity index (χ2v) is 5.79. The van der Waals surface area contributed by atoms with Crippen molar-refractivity contribution in [2.24, 2.45) is 5.73 Å². The van der Waals surface area contributed by atoms with Crippen molar-refractivity contribution < 1.29 is 14.3 Å². The summed E-state index contributed by atoms with van der Waals surface area (Å²) in [5.41, 5.74) is 8.44. The molecule has 8 heteroatoms. The van der Waals surface area contributed by atoms with Gasteiger partial charge in [0.25, 0.3) is 5.91 Å². The summed E-state index contributed by atoms with van der Waals surface area (Å²) in [7, 11) is 0. The molecule has 0 aliphatic heterocycles. The van der Waals surface area contributed by atoms with Gasteiger partial charge in [-0.2, -0.15) is 10.2 Å². The number of amides is 2. The van der Waals surface area contributed by atoms with Gasteiger partial charge in [0.15, 0.2) is 0 Å². The van der Waals surface area contributed by atoms with Crippen molar-refractivity contribution in [3.63, 3.8) is 0 Å². The summed E-state index contributed by atoms with van der Waals surface area (Å²) in [5, 5.41) is 10.2. The zero-order valence-electron chi connectivity index (χ0n) is 14.5. The number of primary amides is 1. The smallest absolute Gasteiger partial charge is 0.257 e. The molecule has 0 unspecified atom stereocenters. The SMILES string of the molecule is Cc1ccc(NC(=O)c2ccnnc2)cc1COc1cncc(C(N)=O)c1. The predicted octanol–water partition coefficient (Wildman–Crippen LogP) is 2.11. The van der Waals surface area contributed by atoms with Gasteiger partial charge in [-0.15, -0.1) is 0 Å². The largest absolute Gasteiger partial charge is 0.487 e. The van der Waals surface area contributed by atoms with E-state index in [1.807, 2.05) is 19.1 Å². The molecule has 2 aromatic heterocycles. The number of ether oxygens (including phenoxy) is 1. The van der Waals surface area contributed by atoms with Crippen LogP contribution >= 0.6 is 0 Å². The lowest BCUT2D eigenvalue weighted by Gasteiger charge is -2.12. The first-order chi connectivity index (χ1) is 13.0. The van der Waals surface area contributed by atoms with Gasteiger partial charge in [-0.3, -0.25) is 14.6 Å². The summed E-state index contributed by atoms with van der Waals surface area (Å²) < 4.78 is 5.71. The molecule has 0 fully saturated rings. The molecule has 8 nitrogen and oxygen atoms in total. The van der Waals surface area contributed by atoms with Crippen molar-refractivity contribution in [1.82, 2.24) is 15.2 Å². The first-order valence-electron chi connectivity index (χ1n) is 8.08. The summed E-state index contributed by atoms with van der Waals surface area (Å²) in [6.07, 6.45) is 5.73. The molecule has 136 valence electrons. The number of hydrogen-bond donors (Lipinski definition) is 2. The Morgan fingerprint density at radius 3 is 2.67 bits per heavy atom. The van der Waals surface area contributed by atoms with E-state index in [1.165, 1.54) is 30.9 Å². The van der Waals surface area contributed by atoms with Crippen LogP contribution in [0, 0.1) is 6.92 Å². The molecule has 0 bridgehead atoms. The zero-order chi connectivity index (χ0) is 19.2. The number of nitrogens with two attached hydrogens (primary N) is 1. The number of aromatic nitrogens is 3. The number of nitrogens with zero attached hydrogens (tertiary/aromatic N) is 3. The number of rotatable bonds is 6. The maximum Gasteiger partial charge on any atom is 0.257 e. The molecule has 0 saturated heterocycles. The van der Waals surface area contributed by atoms with Gasteiger partial charge < -0.3 is 15.8 Å². The Hall–Kier alpha value is -3.81. The van der Waals surface area contributed by atoms with Gasteiger partial charge in [0.2, 0.25) is 5.91 Å². The van der Waals surface area contributed by atoms with Gasteiger partial charge in [-0.25, -0.2) is 0 Å². The topological polar surface area (TPSA) is 120 Å². The fourth-order valence-corrected chi connectivity index (χ4v) is 2.33. The van der Waals surface area contributed by atoms with E-state index in [-0.39, 0.29) is 18.1 Å². The highest BCUT2D eigenvalue weighted by atomic mass is 16.5. The van der Waals surface area contributed by atoms with Gasteiger partial charge in [-0.1, -0.05) is 6.07 Å². The van der Waals surface area contributed by atoms with Crippen LogP contribution in [-0.2, 0) is 6.61 Å². The number of hydrogen-bond acceptors (Lipinski definition) is 6. The van der Waals surface area contributed by atoms with Crippen LogP contribution in [0.15, 0.2) is 55.1 Å². The molecule has 0 radical (unpaired) electrons. The van der Waals surface area contributed by atoms with Gasteiger partial charge in [-0.05, 0) is 42.3 Å². The summed E-state index contributed by atoms with van der Waals surface area (Å²) in [4.78, 5) is 27.4. The Labute approximate surface area is 155 Å². The third kappa shape index (κ3) is 4.63. The van der Waals surface area contributed by atoms with E-state index in [4.69, 9.17) is 10.5 Å².